The summed E-state index contributed by atoms with van der Waals surface area (Å²) in [5.41, 5.74) is 2.39. The molecule has 0 unspecified atom stereocenters. The summed E-state index contributed by atoms with van der Waals surface area (Å²) in [4.78, 5) is 16.5. The molecular formula is C21H17F2N5OS2. The fraction of sp³-hybridized carbons (Fsp3) is 0.143. The molecule has 0 aliphatic carbocycles. The standard InChI is InChI=1S/C21H17F2N5OS2/c1-12-4-3-5-13(8-12)19-26-27-21(28(19)2)31-11-18(29)25-20-24-17(10-30-20)15-9-14(22)6-7-16(15)23/h3-10H,11H2,1-2H3,(H,24,25,29). The minimum atomic E-state index is -0.577. The Hall–Kier alpha value is -3.11. The second-order valence-electron chi connectivity index (χ2n) is 6.73. The summed E-state index contributed by atoms with van der Waals surface area (Å²) >= 11 is 2.39. The van der Waals surface area contributed by atoms with Gasteiger partial charge in [-0.25, -0.2) is 13.8 Å². The highest BCUT2D eigenvalue weighted by Gasteiger charge is 2.15. The van der Waals surface area contributed by atoms with E-state index in [0.717, 1.165) is 40.7 Å². The van der Waals surface area contributed by atoms with E-state index in [1.807, 2.05) is 42.8 Å². The maximum atomic E-state index is 13.9. The van der Waals surface area contributed by atoms with Crippen LogP contribution in [0.15, 0.2) is 53.0 Å². The van der Waals surface area contributed by atoms with Crippen LogP contribution in [0.1, 0.15) is 5.56 Å². The number of hydrogen-bond acceptors (Lipinski definition) is 6. The highest BCUT2D eigenvalue weighted by Crippen LogP contribution is 2.28. The fourth-order valence-corrected chi connectivity index (χ4v) is 4.35. The van der Waals surface area contributed by atoms with E-state index >= 15 is 0 Å². The molecule has 10 heteroatoms. The molecule has 1 N–H and O–H groups in total. The lowest BCUT2D eigenvalue weighted by Gasteiger charge is -2.05. The van der Waals surface area contributed by atoms with Crippen LogP contribution in [-0.4, -0.2) is 31.4 Å². The van der Waals surface area contributed by atoms with E-state index in [0.29, 0.717) is 16.1 Å². The van der Waals surface area contributed by atoms with Crippen molar-refractivity contribution < 1.29 is 13.6 Å². The number of carbonyl (C=O) groups is 1. The van der Waals surface area contributed by atoms with Gasteiger partial charge in [-0.3, -0.25) is 4.79 Å². The zero-order valence-corrected chi connectivity index (χ0v) is 18.2. The van der Waals surface area contributed by atoms with Crippen molar-refractivity contribution in [2.75, 3.05) is 11.1 Å². The Kier molecular flexibility index (Phi) is 6.10. The Morgan fingerprint density at radius 2 is 2.03 bits per heavy atom. The maximum Gasteiger partial charge on any atom is 0.236 e. The minimum Gasteiger partial charge on any atom is -0.305 e. The Labute approximate surface area is 185 Å². The molecule has 0 aliphatic heterocycles. The molecule has 0 bridgehead atoms. The Balaban J connectivity index is 1.39. The second-order valence-corrected chi connectivity index (χ2v) is 8.53. The lowest BCUT2D eigenvalue weighted by atomic mass is 10.1. The number of carbonyl (C=O) groups excluding carboxylic acids is 1. The smallest absolute Gasteiger partial charge is 0.236 e. The average Bonchev–Trinajstić information content (AvgIpc) is 3.35. The van der Waals surface area contributed by atoms with Crippen molar-refractivity contribution in [3.8, 4) is 22.6 Å². The van der Waals surface area contributed by atoms with Gasteiger partial charge in [-0.05, 0) is 31.2 Å². The van der Waals surface area contributed by atoms with Gasteiger partial charge >= 0.3 is 0 Å². The van der Waals surface area contributed by atoms with Crippen LogP contribution in [0.3, 0.4) is 0 Å². The molecule has 0 saturated carbocycles. The van der Waals surface area contributed by atoms with Crippen LogP contribution in [-0.2, 0) is 11.8 Å². The van der Waals surface area contributed by atoms with Gasteiger partial charge in [-0.1, -0.05) is 35.5 Å². The predicted octanol–water partition coefficient (Wildman–Crippen LogP) is 4.92. The third-order valence-electron chi connectivity index (χ3n) is 4.40. The third kappa shape index (κ3) is 4.80. The molecule has 4 rings (SSSR count). The molecule has 158 valence electrons. The summed E-state index contributed by atoms with van der Waals surface area (Å²) < 4.78 is 29.1. The van der Waals surface area contributed by atoms with Crippen LogP contribution in [0, 0.1) is 18.6 Å². The highest BCUT2D eigenvalue weighted by atomic mass is 32.2. The molecule has 0 saturated heterocycles. The lowest BCUT2D eigenvalue weighted by molar-refractivity contribution is -0.113. The molecule has 0 aliphatic rings. The highest BCUT2D eigenvalue weighted by molar-refractivity contribution is 7.99. The maximum absolute atomic E-state index is 13.9. The Morgan fingerprint density at radius 3 is 2.84 bits per heavy atom. The summed E-state index contributed by atoms with van der Waals surface area (Å²) in [6.07, 6.45) is 0. The zero-order chi connectivity index (χ0) is 22.0. The first-order valence-electron chi connectivity index (χ1n) is 9.21. The van der Waals surface area contributed by atoms with Gasteiger partial charge in [-0.15, -0.1) is 21.5 Å². The van der Waals surface area contributed by atoms with Gasteiger partial charge in [0.05, 0.1) is 11.4 Å². The number of halogens is 2. The van der Waals surface area contributed by atoms with E-state index < -0.39 is 11.6 Å². The van der Waals surface area contributed by atoms with Crippen molar-refractivity contribution in [2.45, 2.75) is 12.1 Å². The fourth-order valence-electron chi connectivity index (χ4n) is 2.91. The number of hydrogen-bond donors (Lipinski definition) is 1. The third-order valence-corrected chi connectivity index (χ3v) is 6.18. The summed E-state index contributed by atoms with van der Waals surface area (Å²) in [7, 11) is 1.85. The summed E-state index contributed by atoms with van der Waals surface area (Å²) in [6, 6.07) is 11.1. The molecule has 6 nitrogen and oxygen atoms in total. The molecule has 0 spiro atoms. The van der Waals surface area contributed by atoms with E-state index in [-0.39, 0.29) is 22.9 Å². The van der Waals surface area contributed by atoms with E-state index in [9.17, 15) is 13.6 Å². The molecule has 1 amide bonds. The van der Waals surface area contributed by atoms with Gasteiger partial charge in [0.1, 0.15) is 11.6 Å². The summed E-state index contributed by atoms with van der Waals surface area (Å²) in [5.74, 6) is -0.603. The number of rotatable bonds is 6. The van der Waals surface area contributed by atoms with Crippen LogP contribution in [0.5, 0.6) is 0 Å². The van der Waals surface area contributed by atoms with Crippen LogP contribution < -0.4 is 5.32 Å². The Morgan fingerprint density at radius 1 is 1.19 bits per heavy atom. The second kappa shape index (κ2) is 8.94. The quantitative estimate of drug-likeness (QED) is 0.416. The number of anilines is 1. The number of thiazole rings is 1. The number of aromatic nitrogens is 4. The average molecular weight is 458 g/mol. The number of amides is 1. The van der Waals surface area contributed by atoms with Crippen LogP contribution >= 0.6 is 23.1 Å². The SMILES string of the molecule is Cc1cccc(-c2nnc(SCC(=O)Nc3nc(-c4cc(F)ccc4F)cs3)n2C)c1. The number of nitrogens with one attached hydrogen (secondary N) is 1. The van der Waals surface area contributed by atoms with Crippen LogP contribution in [0.25, 0.3) is 22.6 Å². The van der Waals surface area contributed by atoms with Gasteiger partial charge in [-0.2, -0.15) is 0 Å². The number of thioether (sulfide) groups is 1. The number of benzene rings is 2. The van der Waals surface area contributed by atoms with Gasteiger partial charge in [0.15, 0.2) is 16.1 Å². The molecule has 31 heavy (non-hydrogen) atoms. The molecule has 2 heterocycles. The van der Waals surface area contributed by atoms with E-state index in [1.165, 1.54) is 11.8 Å². The zero-order valence-electron chi connectivity index (χ0n) is 16.6. The van der Waals surface area contributed by atoms with Gasteiger partial charge in [0, 0.05) is 23.6 Å². The topological polar surface area (TPSA) is 72.7 Å². The van der Waals surface area contributed by atoms with Crippen molar-refractivity contribution in [2.24, 2.45) is 7.05 Å². The molecule has 0 fully saturated rings. The van der Waals surface area contributed by atoms with Gasteiger partial charge < -0.3 is 9.88 Å². The van der Waals surface area contributed by atoms with E-state index in [1.54, 1.807) is 5.38 Å². The molecule has 4 aromatic rings. The first-order chi connectivity index (χ1) is 14.9. The predicted molar refractivity (Wildman–Crippen MR) is 118 cm³/mol. The van der Waals surface area contributed by atoms with Crippen LogP contribution in [0.4, 0.5) is 13.9 Å². The molecule has 0 atom stereocenters. The molecule has 2 aromatic carbocycles. The van der Waals surface area contributed by atoms with Crippen molar-refractivity contribution in [1.82, 2.24) is 19.7 Å². The van der Waals surface area contributed by atoms with Crippen molar-refractivity contribution >= 4 is 34.1 Å². The van der Waals surface area contributed by atoms with Crippen molar-refractivity contribution in [3.63, 3.8) is 0 Å². The van der Waals surface area contributed by atoms with Gasteiger partial charge in [0.2, 0.25) is 5.91 Å². The van der Waals surface area contributed by atoms with Gasteiger partial charge in [0.25, 0.3) is 0 Å². The summed E-state index contributed by atoms with van der Waals surface area (Å²) in [6.45, 7) is 2.01. The van der Waals surface area contributed by atoms with Crippen molar-refractivity contribution in [3.05, 3.63) is 65.0 Å². The molecule has 2 aromatic heterocycles. The molecular weight excluding hydrogens is 440 g/mol. The van der Waals surface area contributed by atoms with Crippen LogP contribution in [0.2, 0.25) is 0 Å². The first-order valence-corrected chi connectivity index (χ1v) is 11.1. The summed E-state index contributed by atoms with van der Waals surface area (Å²) in [5, 5.41) is 13.5. The molecule has 0 radical (unpaired) electrons. The normalized spacial score (nSPS) is 11.0. The largest absolute Gasteiger partial charge is 0.305 e. The minimum absolute atomic E-state index is 0.0499. The Bertz CT molecular complexity index is 1250. The lowest BCUT2D eigenvalue weighted by Crippen LogP contribution is -2.14. The van der Waals surface area contributed by atoms with E-state index in [4.69, 9.17) is 0 Å². The van der Waals surface area contributed by atoms with E-state index in [2.05, 4.69) is 20.5 Å². The monoisotopic (exact) mass is 457 g/mol. The van der Waals surface area contributed by atoms with Crippen molar-refractivity contribution in [1.29, 1.82) is 0 Å². The first kappa shape index (κ1) is 21.1. The number of nitrogens with zero attached hydrogens (tertiary/aromatic N) is 4. The number of aryl methyl sites for hydroxylation is 1.